The summed E-state index contributed by atoms with van der Waals surface area (Å²) in [7, 11) is 1.62. The van der Waals surface area contributed by atoms with E-state index in [9.17, 15) is 4.79 Å². The van der Waals surface area contributed by atoms with Crippen LogP contribution in [0.5, 0.6) is 11.5 Å². The van der Waals surface area contributed by atoms with Gasteiger partial charge in [-0.1, -0.05) is 6.07 Å². The number of rotatable bonds is 3. The molecule has 0 bridgehead atoms. The maximum absolute atomic E-state index is 12.2. The fraction of sp³-hybridized carbons (Fsp3) is 0.143. The van der Waals surface area contributed by atoms with Crippen LogP contribution in [0.25, 0.3) is 0 Å². The second-order valence-electron chi connectivity index (χ2n) is 4.16. The molecule has 0 saturated heterocycles. The van der Waals surface area contributed by atoms with Crippen LogP contribution in [-0.2, 0) is 0 Å². The largest absolute Gasteiger partial charge is 0.454 e. The molecule has 102 valence electrons. The standard InChI is InChI=1S/C14H12N2O3S/c1-16(15-8-11-3-2-6-20-11)14(17)10-4-5-12-13(7-10)19-9-18-12/h2-8H,9H2,1H3/b15-8+. The first-order valence-electron chi connectivity index (χ1n) is 5.99. The number of hydrogen-bond donors (Lipinski definition) is 0. The van der Waals surface area contributed by atoms with Crippen LogP contribution >= 0.6 is 11.3 Å². The number of hydrogen-bond acceptors (Lipinski definition) is 5. The molecule has 0 atom stereocenters. The zero-order chi connectivity index (χ0) is 13.9. The molecule has 0 unspecified atom stereocenters. The zero-order valence-electron chi connectivity index (χ0n) is 10.8. The Balaban J connectivity index is 1.75. The van der Waals surface area contributed by atoms with Gasteiger partial charge in [-0.15, -0.1) is 11.3 Å². The lowest BCUT2D eigenvalue weighted by atomic mass is 10.2. The van der Waals surface area contributed by atoms with E-state index in [1.165, 1.54) is 5.01 Å². The highest BCUT2D eigenvalue weighted by Gasteiger charge is 2.17. The Morgan fingerprint density at radius 1 is 1.35 bits per heavy atom. The molecule has 20 heavy (non-hydrogen) atoms. The molecule has 1 amide bonds. The maximum atomic E-state index is 12.2. The lowest BCUT2D eigenvalue weighted by Crippen LogP contribution is -2.21. The van der Waals surface area contributed by atoms with Crippen molar-refractivity contribution in [2.24, 2.45) is 5.10 Å². The Kier molecular flexibility index (Phi) is 3.39. The van der Waals surface area contributed by atoms with E-state index in [-0.39, 0.29) is 12.7 Å². The molecule has 1 aromatic carbocycles. The van der Waals surface area contributed by atoms with Crippen LogP contribution in [-0.4, -0.2) is 31.0 Å². The number of fused-ring (bicyclic) bond motifs is 1. The van der Waals surface area contributed by atoms with Crippen molar-refractivity contribution in [2.45, 2.75) is 0 Å². The van der Waals surface area contributed by atoms with E-state index in [2.05, 4.69) is 5.10 Å². The predicted octanol–water partition coefficient (Wildman–Crippen LogP) is 2.58. The van der Waals surface area contributed by atoms with Gasteiger partial charge < -0.3 is 9.47 Å². The quantitative estimate of drug-likeness (QED) is 0.644. The van der Waals surface area contributed by atoms with Gasteiger partial charge in [0.15, 0.2) is 11.5 Å². The summed E-state index contributed by atoms with van der Waals surface area (Å²) in [6.45, 7) is 0.194. The molecular formula is C14H12N2O3S. The number of hydrazone groups is 1. The van der Waals surface area contributed by atoms with Crippen molar-refractivity contribution in [2.75, 3.05) is 13.8 Å². The van der Waals surface area contributed by atoms with Gasteiger partial charge in [0, 0.05) is 17.5 Å². The fourth-order valence-electron chi connectivity index (χ4n) is 1.78. The molecular weight excluding hydrogens is 276 g/mol. The second kappa shape index (κ2) is 5.34. The number of amides is 1. The average Bonchev–Trinajstić information content (AvgIpc) is 3.13. The molecule has 0 fully saturated rings. The molecule has 3 rings (SSSR count). The van der Waals surface area contributed by atoms with Gasteiger partial charge in [-0.2, -0.15) is 5.10 Å². The van der Waals surface area contributed by atoms with Crippen LogP contribution < -0.4 is 9.47 Å². The minimum Gasteiger partial charge on any atom is -0.454 e. The van der Waals surface area contributed by atoms with E-state index < -0.39 is 0 Å². The summed E-state index contributed by atoms with van der Waals surface area (Å²) in [6.07, 6.45) is 1.66. The lowest BCUT2D eigenvalue weighted by molar-refractivity contribution is 0.0800. The van der Waals surface area contributed by atoms with Crippen LogP contribution in [0.4, 0.5) is 0 Å². The summed E-state index contributed by atoms with van der Waals surface area (Å²) in [5.41, 5.74) is 0.514. The van der Waals surface area contributed by atoms with Crippen molar-refractivity contribution < 1.29 is 14.3 Å². The van der Waals surface area contributed by atoms with Crippen molar-refractivity contribution in [3.63, 3.8) is 0 Å². The van der Waals surface area contributed by atoms with Crippen molar-refractivity contribution in [1.82, 2.24) is 5.01 Å². The van der Waals surface area contributed by atoms with Gasteiger partial charge in [-0.3, -0.25) is 4.79 Å². The molecule has 2 heterocycles. The minimum absolute atomic E-state index is 0.194. The van der Waals surface area contributed by atoms with Gasteiger partial charge in [-0.05, 0) is 29.6 Å². The zero-order valence-corrected chi connectivity index (χ0v) is 11.6. The third-order valence-corrected chi connectivity index (χ3v) is 3.62. The molecule has 1 aliphatic heterocycles. The second-order valence-corrected chi connectivity index (χ2v) is 5.14. The van der Waals surface area contributed by atoms with E-state index in [1.54, 1.807) is 42.8 Å². The molecule has 0 radical (unpaired) electrons. The van der Waals surface area contributed by atoms with Crippen LogP contribution in [0.1, 0.15) is 15.2 Å². The minimum atomic E-state index is -0.198. The van der Waals surface area contributed by atoms with E-state index in [1.807, 2.05) is 17.5 Å². The monoisotopic (exact) mass is 288 g/mol. The van der Waals surface area contributed by atoms with E-state index >= 15 is 0 Å². The SMILES string of the molecule is CN(/N=C/c1cccs1)C(=O)c1ccc2c(c1)OCO2. The highest BCUT2D eigenvalue weighted by Crippen LogP contribution is 2.32. The van der Waals surface area contributed by atoms with Gasteiger partial charge >= 0.3 is 0 Å². The molecule has 5 nitrogen and oxygen atoms in total. The number of benzene rings is 1. The Morgan fingerprint density at radius 3 is 3.00 bits per heavy atom. The molecule has 0 saturated carbocycles. The summed E-state index contributed by atoms with van der Waals surface area (Å²) in [5, 5.41) is 7.40. The van der Waals surface area contributed by atoms with Crippen molar-refractivity contribution in [1.29, 1.82) is 0 Å². The van der Waals surface area contributed by atoms with Crippen LogP contribution in [0.3, 0.4) is 0 Å². The lowest BCUT2D eigenvalue weighted by Gasteiger charge is -2.10. The first-order valence-corrected chi connectivity index (χ1v) is 6.87. The topological polar surface area (TPSA) is 51.1 Å². The third kappa shape index (κ3) is 2.50. The number of thiophene rings is 1. The first kappa shape index (κ1) is 12.7. The Hall–Kier alpha value is -2.34. The van der Waals surface area contributed by atoms with Crippen LogP contribution in [0.15, 0.2) is 40.8 Å². The summed E-state index contributed by atoms with van der Waals surface area (Å²) in [6, 6.07) is 8.97. The Labute approximate surface area is 120 Å². The number of nitrogens with zero attached hydrogens (tertiary/aromatic N) is 2. The highest BCUT2D eigenvalue weighted by molar-refractivity contribution is 7.11. The van der Waals surface area contributed by atoms with Gasteiger partial charge in [0.2, 0.25) is 6.79 Å². The molecule has 0 N–H and O–H groups in total. The van der Waals surface area contributed by atoms with Gasteiger partial charge in [0.05, 0.1) is 6.21 Å². The summed E-state index contributed by atoms with van der Waals surface area (Å²) in [5.74, 6) is 1.05. The normalized spacial score (nSPS) is 12.8. The number of carbonyl (C=O) groups excluding carboxylic acids is 1. The van der Waals surface area contributed by atoms with Gasteiger partial charge in [-0.25, -0.2) is 5.01 Å². The third-order valence-electron chi connectivity index (χ3n) is 2.81. The van der Waals surface area contributed by atoms with Crippen molar-refractivity contribution in [3.8, 4) is 11.5 Å². The summed E-state index contributed by atoms with van der Waals surface area (Å²) >= 11 is 1.56. The van der Waals surface area contributed by atoms with Crippen LogP contribution in [0.2, 0.25) is 0 Å². The van der Waals surface area contributed by atoms with Gasteiger partial charge in [0.1, 0.15) is 0 Å². The van der Waals surface area contributed by atoms with Crippen molar-refractivity contribution >= 4 is 23.5 Å². The Bertz CT molecular complexity index is 652. The molecule has 6 heteroatoms. The first-order chi connectivity index (χ1) is 9.74. The fourth-order valence-corrected chi connectivity index (χ4v) is 2.36. The molecule has 1 aromatic heterocycles. The average molecular weight is 288 g/mol. The molecule has 1 aliphatic rings. The molecule has 2 aromatic rings. The Morgan fingerprint density at radius 2 is 2.20 bits per heavy atom. The molecule has 0 spiro atoms. The summed E-state index contributed by atoms with van der Waals surface area (Å²) < 4.78 is 10.5. The molecule has 0 aliphatic carbocycles. The van der Waals surface area contributed by atoms with E-state index in [4.69, 9.17) is 9.47 Å². The maximum Gasteiger partial charge on any atom is 0.273 e. The van der Waals surface area contributed by atoms with Crippen LogP contribution in [0, 0.1) is 0 Å². The smallest absolute Gasteiger partial charge is 0.273 e. The number of ether oxygens (including phenoxy) is 2. The highest BCUT2D eigenvalue weighted by atomic mass is 32.1. The summed E-state index contributed by atoms with van der Waals surface area (Å²) in [4.78, 5) is 13.2. The van der Waals surface area contributed by atoms with E-state index in [0.29, 0.717) is 17.1 Å². The van der Waals surface area contributed by atoms with E-state index in [0.717, 1.165) is 4.88 Å². The van der Waals surface area contributed by atoms with Gasteiger partial charge in [0.25, 0.3) is 5.91 Å². The predicted molar refractivity (Wildman–Crippen MR) is 76.6 cm³/mol. The number of carbonyl (C=O) groups is 1. The van der Waals surface area contributed by atoms with Crippen molar-refractivity contribution in [3.05, 3.63) is 46.2 Å².